The zero-order valence-corrected chi connectivity index (χ0v) is 10.0. The molecule has 0 atom stereocenters. The maximum Gasteiger partial charge on any atom is 0.116 e. The Bertz CT molecular complexity index is 396. The maximum absolute atomic E-state index is 4.37. The number of amidine groups is 1. The molecule has 3 heteroatoms. The molecule has 0 radical (unpaired) electrons. The predicted molar refractivity (Wildman–Crippen MR) is 69.4 cm³/mol. The Kier molecular flexibility index (Phi) is 3.44. The van der Waals surface area contributed by atoms with E-state index in [-0.39, 0.29) is 0 Å². The largest absolute Gasteiger partial charge is 0.378 e. The van der Waals surface area contributed by atoms with Gasteiger partial charge in [-0.25, -0.2) is 0 Å². The molecule has 16 heavy (non-hydrogen) atoms. The van der Waals surface area contributed by atoms with Gasteiger partial charge in [0.25, 0.3) is 0 Å². The highest BCUT2D eigenvalue weighted by molar-refractivity contribution is 5.87. The number of rotatable bonds is 4. The van der Waals surface area contributed by atoms with Crippen LogP contribution in [0.2, 0.25) is 0 Å². The van der Waals surface area contributed by atoms with E-state index >= 15 is 0 Å². The summed E-state index contributed by atoms with van der Waals surface area (Å²) in [5.74, 6) is 1.07. The molecule has 0 amide bonds. The Morgan fingerprint density at radius 1 is 1.44 bits per heavy atom. The first-order valence-corrected chi connectivity index (χ1v) is 5.91. The zero-order valence-electron chi connectivity index (χ0n) is 10.0. The van der Waals surface area contributed by atoms with Gasteiger partial charge in [0, 0.05) is 12.2 Å². The van der Waals surface area contributed by atoms with E-state index in [0.717, 1.165) is 31.9 Å². The molecule has 0 aromatic heterocycles. The first-order valence-electron chi connectivity index (χ1n) is 5.91. The third kappa shape index (κ3) is 2.35. The van der Waals surface area contributed by atoms with Crippen LogP contribution in [0, 0.1) is 6.92 Å². The van der Waals surface area contributed by atoms with Gasteiger partial charge in [0.05, 0.1) is 13.1 Å². The lowest BCUT2D eigenvalue weighted by Crippen LogP contribution is -2.26. The third-order valence-electron chi connectivity index (χ3n) is 2.95. The van der Waals surface area contributed by atoms with Crippen LogP contribution in [0.5, 0.6) is 0 Å². The van der Waals surface area contributed by atoms with Crippen molar-refractivity contribution < 1.29 is 0 Å². The van der Waals surface area contributed by atoms with Crippen molar-refractivity contribution in [1.29, 1.82) is 0 Å². The molecular formula is C13H19N3. The number of aryl methyl sites for hydroxylation is 1. The minimum Gasteiger partial charge on any atom is -0.378 e. The van der Waals surface area contributed by atoms with Gasteiger partial charge < -0.3 is 10.6 Å². The molecule has 1 aromatic carbocycles. The van der Waals surface area contributed by atoms with E-state index in [9.17, 15) is 0 Å². The Morgan fingerprint density at radius 2 is 2.31 bits per heavy atom. The van der Waals surface area contributed by atoms with Crippen molar-refractivity contribution in [2.24, 2.45) is 4.99 Å². The van der Waals surface area contributed by atoms with Gasteiger partial charge in [0.2, 0.25) is 0 Å². The summed E-state index contributed by atoms with van der Waals surface area (Å²) in [6.07, 6.45) is 1.06. The van der Waals surface area contributed by atoms with Crippen molar-refractivity contribution in [3.8, 4) is 0 Å². The highest BCUT2D eigenvalue weighted by Gasteiger charge is 2.06. The highest BCUT2D eigenvalue weighted by Crippen LogP contribution is 2.19. The molecule has 1 aliphatic heterocycles. The molecule has 1 aliphatic rings. The van der Waals surface area contributed by atoms with Crippen LogP contribution >= 0.6 is 0 Å². The number of anilines is 1. The molecule has 0 aliphatic carbocycles. The molecule has 0 unspecified atom stereocenters. The van der Waals surface area contributed by atoms with Gasteiger partial charge in [-0.2, -0.15) is 0 Å². The van der Waals surface area contributed by atoms with Crippen molar-refractivity contribution >= 4 is 11.5 Å². The lowest BCUT2D eigenvalue weighted by Gasteiger charge is -2.13. The number of nitrogens with one attached hydrogen (secondary N) is 2. The smallest absolute Gasteiger partial charge is 0.116 e. The van der Waals surface area contributed by atoms with Crippen LogP contribution in [0.3, 0.4) is 0 Å². The first kappa shape index (κ1) is 11.0. The summed E-state index contributed by atoms with van der Waals surface area (Å²) in [6.45, 7) is 7.04. The summed E-state index contributed by atoms with van der Waals surface area (Å²) in [5.41, 5.74) is 3.99. The molecule has 86 valence electrons. The lowest BCUT2D eigenvalue weighted by molar-refractivity contribution is 0.955. The van der Waals surface area contributed by atoms with Gasteiger partial charge in [-0.15, -0.1) is 0 Å². The SMILES string of the molecule is CCc1c(C)cccc1NCC1=NCCN1. The molecule has 1 heterocycles. The van der Waals surface area contributed by atoms with Gasteiger partial charge in [-0.3, -0.25) is 4.99 Å². The second kappa shape index (κ2) is 5.01. The van der Waals surface area contributed by atoms with Crippen molar-refractivity contribution in [3.63, 3.8) is 0 Å². The van der Waals surface area contributed by atoms with Crippen LogP contribution in [0.15, 0.2) is 23.2 Å². The maximum atomic E-state index is 4.37. The van der Waals surface area contributed by atoms with E-state index in [2.05, 4.69) is 47.7 Å². The second-order valence-electron chi connectivity index (χ2n) is 4.06. The van der Waals surface area contributed by atoms with Crippen LogP contribution in [0.1, 0.15) is 18.1 Å². The summed E-state index contributed by atoms with van der Waals surface area (Å²) >= 11 is 0. The summed E-state index contributed by atoms with van der Waals surface area (Å²) in [6, 6.07) is 6.40. The number of benzene rings is 1. The molecule has 0 fully saturated rings. The van der Waals surface area contributed by atoms with Crippen LogP contribution < -0.4 is 10.6 Å². The lowest BCUT2D eigenvalue weighted by atomic mass is 10.0. The van der Waals surface area contributed by atoms with Gasteiger partial charge in [-0.05, 0) is 30.5 Å². The quantitative estimate of drug-likeness (QED) is 0.809. The highest BCUT2D eigenvalue weighted by atomic mass is 15.1. The first-order chi connectivity index (χ1) is 7.81. The van der Waals surface area contributed by atoms with E-state index in [1.165, 1.54) is 16.8 Å². The predicted octanol–water partition coefficient (Wildman–Crippen LogP) is 1.97. The van der Waals surface area contributed by atoms with Crippen molar-refractivity contribution in [1.82, 2.24) is 5.32 Å². The van der Waals surface area contributed by atoms with Gasteiger partial charge in [0.1, 0.15) is 5.84 Å². The normalized spacial score (nSPS) is 14.5. The number of hydrogen-bond acceptors (Lipinski definition) is 3. The van der Waals surface area contributed by atoms with Gasteiger partial charge in [-0.1, -0.05) is 19.1 Å². The zero-order chi connectivity index (χ0) is 11.4. The molecular weight excluding hydrogens is 198 g/mol. The second-order valence-corrected chi connectivity index (χ2v) is 4.06. The van der Waals surface area contributed by atoms with Gasteiger partial charge >= 0.3 is 0 Å². The minimum absolute atomic E-state index is 0.802. The van der Waals surface area contributed by atoms with E-state index in [0.29, 0.717) is 0 Å². The topological polar surface area (TPSA) is 36.4 Å². The number of hydrogen-bond donors (Lipinski definition) is 2. The van der Waals surface area contributed by atoms with Crippen LogP contribution in [0.4, 0.5) is 5.69 Å². The minimum atomic E-state index is 0.802. The average molecular weight is 217 g/mol. The fraction of sp³-hybridized carbons (Fsp3) is 0.462. The van der Waals surface area contributed by atoms with E-state index in [1.54, 1.807) is 0 Å². The Balaban J connectivity index is 2.05. The van der Waals surface area contributed by atoms with E-state index in [1.807, 2.05) is 0 Å². The van der Waals surface area contributed by atoms with Gasteiger partial charge in [0.15, 0.2) is 0 Å². The van der Waals surface area contributed by atoms with Crippen molar-refractivity contribution in [2.45, 2.75) is 20.3 Å². The summed E-state index contributed by atoms with van der Waals surface area (Å²) in [4.78, 5) is 4.37. The molecule has 0 saturated heterocycles. The fourth-order valence-electron chi connectivity index (χ4n) is 2.08. The summed E-state index contributed by atoms with van der Waals surface area (Å²) in [5, 5.41) is 6.72. The van der Waals surface area contributed by atoms with E-state index < -0.39 is 0 Å². The molecule has 0 spiro atoms. The van der Waals surface area contributed by atoms with E-state index in [4.69, 9.17) is 0 Å². The molecule has 1 aromatic rings. The Morgan fingerprint density at radius 3 is 3.00 bits per heavy atom. The fourth-order valence-corrected chi connectivity index (χ4v) is 2.08. The third-order valence-corrected chi connectivity index (χ3v) is 2.95. The molecule has 2 N–H and O–H groups in total. The monoisotopic (exact) mass is 217 g/mol. The Labute approximate surface area is 97.0 Å². The van der Waals surface area contributed by atoms with Crippen LogP contribution in [0.25, 0.3) is 0 Å². The molecule has 3 nitrogen and oxygen atoms in total. The molecule has 2 rings (SSSR count). The Hall–Kier alpha value is -1.51. The summed E-state index contributed by atoms with van der Waals surface area (Å²) in [7, 11) is 0. The molecule has 0 saturated carbocycles. The van der Waals surface area contributed by atoms with Crippen molar-refractivity contribution in [3.05, 3.63) is 29.3 Å². The number of aliphatic imine (C=N–C) groups is 1. The number of nitrogens with zero attached hydrogens (tertiary/aromatic N) is 1. The van der Waals surface area contributed by atoms with Crippen LogP contribution in [-0.4, -0.2) is 25.5 Å². The van der Waals surface area contributed by atoms with Crippen molar-refractivity contribution in [2.75, 3.05) is 25.0 Å². The molecule has 0 bridgehead atoms. The average Bonchev–Trinajstić information content (AvgIpc) is 2.79. The van der Waals surface area contributed by atoms with Crippen LogP contribution in [-0.2, 0) is 6.42 Å². The standard InChI is InChI=1S/C13H19N3/c1-3-11-10(2)5-4-6-12(11)16-9-13-14-7-8-15-13/h4-6,16H,3,7-9H2,1-2H3,(H,14,15). The summed E-state index contributed by atoms with van der Waals surface area (Å²) < 4.78 is 0.